The minimum Gasteiger partial charge on any atom is -0.321 e. The minimum absolute atomic E-state index is 0.102. The van der Waals surface area contributed by atoms with Crippen molar-refractivity contribution in [2.24, 2.45) is 0 Å². The first kappa shape index (κ1) is 29.3. The number of benzene rings is 2. The van der Waals surface area contributed by atoms with Crippen molar-refractivity contribution in [2.75, 3.05) is 44.2 Å². The molecule has 42 heavy (non-hydrogen) atoms. The second-order valence-electron chi connectivity index (χ2n) is 12.4. The van der Waals surface area contributed by atoms with Crippen molar-refractivity contribution in [3.05, 3.63) is 70.5 Å². The first-order valence-corrected chi connectivity index (χ1v) is 16.2. The first-order chi connectivity index (χ1) is 19.7. The number of carbonyl (C=O) groups excluding carboxylic acids is 1. The van der Waals surface area contributed by atoms with Crippen LogP contribution in [-0.2, 0) is 33.8 Å². The largest absolute Gasteiger partial charge is 0.426 e. The Hall–Kier alpha value is -2.73. The molecule has 3 atom stereocenters. The fourth-order valence-electron chi connectivity index (χ4n) is 7.33. The summed E-state index contributed by atoms with van der Waals surface area (Å²) in [5, 5.41) is 0. The zero-order valence-electron chi connectivity index (χ0n) is 23.3. The molecule has 6 rings (SSSR count). The molecular formula is C30H34F5N3O3S. The first-order valence-electron chi connectivity index (χ1n) is 14.3. The van der Waals surface area contributed by atoms with E-state index in [0.29, 0.717) is 70.9 Å². The van der Waals surface area contributed by atoms with Crippen LogP contribution in [0.5, 0.6) is 0 Å². The second-order valence-corrected chi connectivity index (χ2v) is 14.7. The molecule has 3 saturated heterocycles. The van der Waals surface area contributed by atoms with E-state index in [1.54, 1.807) is 23.1 Å². The molecule has 0 aromatic heterocycles. The molecule has 0 bridgehead atoms. The van der Waals surface area contributed by atoms with Gasteiger partial charge in [-0.1, -0.05) is 30.3 Å². The van der Waals surface area contributed by atoms with Gasteiger partial charge in [0.05, 0.1) is 11.5 Å². The SMILES string of the molecule is CC(F)(c1ccc2c(c1)CC[C@H]1N(C(=O)N3CC(N4CCS(=O)(=O)CC4)C3)CC[C@@]21Cc1ccc(F)cc1)C(F)(F)F. The molecule has 228 valence electrons. The van der Waals surface area contributed by atoms with Gasteiger partial charge in [0.2, 0.25) is 5.67 Å². The third-order valence-corrected chi connectivity index (χ3v) is 11.5. The van der Waals surface area contributed by atoms with E-state index in [0.717, 1.165) is 11.1 Å². The van der Waals surface area contributed by atoms with Crippen LogP contribution in [0.4, 0.5) is 26.7 Å². The Kier molecular flexibility index (Phi) is 7.11. The number of nitrogens with zero attached hydrogens (tertiary/aromatic N) is 3. The van der Waals surface area contributed by atoms with E-state index in [2.05, 4.69) is 4.90 Å². The van der Waals surface area contributed by atoms with E-state index in [4.69, 9.17) is 0 Å². The molecule has 1 aliphatic carbocycles. The lowest BCUT2D eigenvalue weighted by atomic mass is 9.63. The van der Waals surface area contributed by atoms with E-state index in [1.165, 1.54) is 24.3 Å². The Bertz CT molecular complexity index is 1460. The Labute approximate surface area is 242 Å². The predicted octanol–water partition coefficient (Wildman–Crippen LogP) is 4.61. The topological polar surface area (TPSA) is 60.9 Å². The number of hydrogen-bond donors (Lipinski definition) is 0. The number of likely N-dealkylation sites (tertiary alicyclic amines) is 2. The second kappa shape index (κ2) is 10.2. The number of rotatable bonds is 4. The summed E-state index contributed by atoms with van der Waals surface area (Å²) in [6.07, 6.45) is -3.11. The monoisotopic (exact) mass is 611 g/mol. The van der Waals surface area contributed by atoms with E-state index >= 15 is 0 Å². The molecule has 2 aromatic rings. The summed E-state index contributed by atoms with van der Waals surface area (Å²) in [5.41, 5.74) is -2.23. The van der Waals surface area contributed by atoms with Crippen LogP contribution < -0.4 is 0 Å². The molecule has 12 heteroatoms. The average molecular weight is 612 g/mol. The number of hydrogen-bond acceptors (Lipinski definition) is 4. The van der Waals surface area contributed by atoms with E-state index in [-0.39, 0.29) is 35.4 Å². The number of fused-ring (bicyclic) bond motifs is 3. The highest BCUT2D eigenvalue weighted by Gasteiger charge is 2.56. The molecule has 4 aliphatic rings. The summed E-state index contributed by atoms with van der Waals surface area (Å²) in [6, 6.07) is 10.0. The highest BCUT2D eigenvalue weighted by Crippen LogP contribution is 2.51. The third kappa shape index (κ3) is 4.98. The van der Waals surface area contributed by atoms with Crippen molar-refractivity contribution in [3.63, 3.8) is 0 Å². The van der Waals surface area contributed by atoms with Gasteiger partial charge >= 0.3 is 12.2 Å². The van der Waals surface area contributed by atoms with Gasteiger partial charge in [-0.3, -0.25) is 4.90 Å². The maximum Gasteiger partial charge on any atom is 0.426 e. The summed E-state index contributed by atoms with van der Waals surface area (Å²) in [6.45, 7) is 2.95. The van der Waals surface area contributed by atoms with Crippen LogP contribution >= 0.6 is 0 Å². The molecule has 0 spiro atoms. The van der Waals surface area contributed by atoms with Gasteiger partial charge < -0.3 is 9.80 Å². The van der Waals surface area contributed by atoms with Gasteiger partial charge in [0.1, 0.15) is 5.82 Å². The molecule has 0 saturated carbocycles. The van der Waals surface area contributed by atoms with Crippen molar-refractivity contribution in [3.8, 4) is 0 Å². The highest BCUT2D eigenvalue weighted by molar-refractivity contribution is 7.91. The van der Waals surface area contributed by atoms with Crippen molar-refractivity contribution in [2.45, 2.75) is 62.0 Å². The highest BCUT2D eigenvalue weighted by atomic mass is 32.2. The van der Waals surface area contributed by atoms with E-state index in [1.807, 2.05) is 4.90 Å². The smallest absolute Gasteiger partial charge is 0.321 e. The summed E-state index contributed by atoms with van der Waals surface area (Å²) < 4.78 is 92.7. The molecular weight excluding hydrogens is 577 g/mol. The minimum atomic E-state index is -5.06. The van der Waals surface area contributed by atoms with Crippen molar-refractivity contribution >= 4 is 15.9 Å². The fraction of sp³-hybridized carbons (Fsp3) is 0.567. The molecule has 0 radical (unpaired) electrons. The van der Waals surface area contributed by atoms with Crippen molar-refractivity contribution in [1.29, 1.82) is 0 Å². The van der Waals surface area contributed by atoms with Crippen LogP contribution in [0.3, 0.4) is 0 Å². The lowest BCUT2D eigenvalue weighted by Crippen LogP contribution is -2.66. The molecule has 3 aliphatic heterocycles. The van der Waals surface area contributed by atoms with Crippen molar-refractivity contribution < 1.29 is 35.2 Å². The van der Waals surface area contributed by atoms with E-state index < -0.39 is 32.7 Å². The summed E-state index contributed by atoms with van der Waals surface area (Å²) in [5.74, 6) is -0.121. The average Bonchev–Trinajstić information content (AvgIpc) is 3.28. The molecule has 3 fully saturated rings. The molecule has 2 aromatic carbocycles. The summed E-state index contributed by atoms with van der Waals surface area (Å²) in [4.78, 5) is 19.5. The number of aryl methyl sites for hydroxylation is 1. The lowest BCUT2D eigenvalue weighted by molar-refractivity contribution is -0.228. The van der Waals surface area contributed by atoms with Gasteiger partial charge in [0.15, 0.2) is 9.84 Å². The number of carbonyl (C=O) groups is 1. The number of halogens is 5. The Morgan fingerprint density at radius 1 is 1.00 bits per heavy atom. The quantitative estimate of drug-likeness (QED) is 0.474. The number of urea groups is 1. The van der Waals surface area contributed by atoms with Gasteiger partial charge in [0.25, 0.3) is 0 Å². The molecule has 1 unspecified atom stereocenters. The van der Waals surface area contributed by atoms with Gasteiger partial charge in [-0.25, -0.2) is 22.0 Å². The Morgan fingerprint density at radius 3 is 2.31 bits per heavy atom. The summed E-state index contributed by atoms with van der Waals surface area (Å²) >= 11 is 0. The van der Waals surface area contributed by atoms with Gasteiger partial charge in [-0.05, 0) is 67.0 Å². The fourth-order valence-corrected chi connectivity index (χ4v) is 8.56. The van der Waals surface area contributed by atoms with Gasteiger partial charge in [-0.2, -0.15) is 13.2 Å². The molecule has 0 N–H and O–H groups in total. The standard InChI is InChI=1S/C30H34F5N3O3S/c1-28(32,30(33,34)35)22-5-8-25-21(16-22)4-9-26-29(25,17-20-2-6-23(31)7-3-20)10-11-38(26)27(39)37-18-24(19-37)36-12-14-42(40,41)15-13-36/h2-3,5-8,16,24,26H,4,9-15,17-19H2,1H3/t26-,28?,29-/m1/s1. The normalized spacial score (nSPS) is 27.6. The van der Waals surface area contributed by atoms with Crippen LogP contribution in [0.2, 0.25) is 0 Å². The summed E-state index contributed by atoms with van der Waals surface area (Å²) in [7, 11) is -3.00. The zero-order valence-corrected chi connectivity index (χ0v) is 24.2. The maximum atomic E-state index is 14.9. The Morgan fingerprint density at radius 2 is 1.67 bits per heavy atom. The zero-order chi connectivity index (χ0) is 30.1. The van der Waals surface area contributed by atoms with Gasteiger partial charge in [0, 0.05) is 50.2 Å². The van der Waals surface area contributed by atoms with Crippen LogP contribution in [0.1, 0.15) is 42.0 Å². The van der Waals surface area contributed by atoms with Crippen LogP contribution in [0.15, 0.2) is 42.5 Å². The van der Waals surface area contributed by atoms with Crippen LogP contribution in [0, 0.1) is 5.82 Å². The van der Waals surface area contributed by atoms with E-state index in [9.17, 15) is 35.2 Å². The lowest BCUT2D eigenvalue weighted by Gasteiger charge is -2.49. The van der Waals surface area contributed by atoms with Gasteiger partial charge in [-0.15, -0.1) is 0 Å². The number of amides is 2. The third-order valence-electron chi connectivity index (χ3n) is 9.92. The van der Waals surface area contributed by atoms with Crippen molar-refractivity contribution in [1.82, 2.24) is 14.7 Å². The predicted molar refractivity (Wildman–Crippen MR) is 147 cm³/mol. The maximum absolute atomic E-state index is 14.9. The van der Waals surface area contributed by atoms with Crippen LogP contribution in [-0.4, -0.2) is 91.6 Å². The molecule has 2 amide bonds. The molecule has 6 nitrogen and oxygen atoms in total. The Balaban J connectivity index is 1.26. The number of alkyl halides is 4. The molecule has 3 heterocycles. The number of sulfone groups is 1. The van der Waals surface area contributed by atoms with Crippen LogP contribution in [0.25, 0.3) is 0 Å².